The summed E-state index contributed by atoms with van der Waals surface area (Å²) in [4.78, 5) is 16.3. The van der Waals surface area contributed by atoms with Gasteiger partial charge in [0.25, 0.3) is 5.69 Å². The van der Waals surface area contributed by atoms with Crippen LogP contribution in [0.4, 0.5) is 11.4 Å². The molecule has 1 aliphatic rings. The molecule has 2 aromatic heterocycles. The fourth-order valence-electron chi connectivity index (χ4n) is 4.03. The number of para-hydroxylation sites is 1. The van der Waals surface area contributed by atoms with Gasteiger partial charge in [0.05, 0.1) is 27.9 Å². The molecule has 9 heteroatoms. The van der Waals surface area contributed by atoms with Crippen molar-refractivity contribution in [3.63, 3.8) is 0 Å². The lowest BCUT2D eigenvalue weighted by Crippen LogP contribution is -2.07. The Hall–Kier alpha value is -4.43. The predicted molar refractivity (Wildman–Crippen MR) is 128 cm³/mol. The SMILES string of the molecule is O=[N+]([O-])c1cc2c(c3cn[nH]c13)NC=C(c1cc3ccccc3o1)N=C2c1ccccc1Cl. The van der Waals surface area contributed by atoms with Gasteiger partial charge < -0.3 is 9.73 Å². The van der Waals surface area contributed by atoms with E-state index in [1.807, 2.05) is 48.5 Å². The zero-order valence-electron chi connectivity index (χ0n) is 16.9. The molecule has 0 saturated carbocycles. The van der Waals surface area contributed by atoms with E-state index < -0.39 is 4.92 Å². The molecule has 6 rings (SSSR count). The largest absolute Gasteiger partial charge is 0.454 e. The van der Waals surface area contributed by atoms with Crippen molar-refractivity contribution in [2.45, 2.75) is 0 Å². The molecule has 33 heavy (non-hydrogen) atoms. The number of nitro benzene ring substituents is 1. The highest BCUT2D eigenvalue weighted by Gasteiger charge is 2.27. The number of aromatic amines is 1. The number of benzene rings is 3. The van der Waals surface area contributed by atoms with E-state index in [0.29, 0.717) is 49.9 Å². The van der Waals surface area contributed by atoms with Crippen molar-refractivity contribution in [3.05, 3.63) is 105 Å². The van der Waals surface area contributed by atoms with Gasteiger partial charge in [0.1, 0.15) is 16.8 Å². The van der Waals surface area contributed by atoms with Gasteiger partial charge in [0.2, 0.25) is 0 Å². The molecule has 0 amide bonds. The summed E-state index contributed by atoms with van der Waals surface area (Å²) in [7, 11) is 0. The quantitative estimate of drug-likeness (QED) is 0.251. The smallest absolute Gasteiger partial charge is 0.295 e. The average molecular weight is 456 g/mol. The van der Waals surface area contributed by atoms with Gasteiger partial charge in [-0.05, 0) is 18.2 Å². The van der Waals surface area contributed by atoms with Gasteiger partial charge in [-0.3, -0.25) is 15.2 Å². The van der Waals surface area contributed by atoms with Crippen LogP contribution in [0, 0.1) is 10.1 Å². The van der Waals surface area contributed by atoms with Crippen LogP contribution in [0.15, 0.2) is 82.5 Å². The maximum Gasteiger partial charge on any atom is 0.295 e. The third kappa shape index (κ3) is 3.07. The summed E-state index contributed by atoms with van der Waals surface area (Å²) in [6, 6.07) is 18.3. The standard InChI is InChI=1S/C24H14ClN5O3/c25-17-7-3-2-6-14(17)23-15-10-19(30(31)32)24-16(11-27-29-24)22(15)26-12-18(28-23)21-9-13-5-1-4-8-20(13)33-21/h1-12,26H,(H,27,29). The molecule has 3 heterocycles. The van der Waals surface area contributed by atoms with Gasteiger partial charge in [0, 0.05) is 33.8 Å². The minimum absolute atomic E-state index is 0.102. The zero-order chi connectivity index (χ0) is 22.5. The van der Waals surface area contributed by atoms with Crippen LogP contribution in [-0.2, 0) is 0 Å². The summed E-state index contributed by atoms with van der Waals surface area (Å²) >= 11 is 6.54. The Bertz CT molecular complexity index is 1610. The van der Waals surface area contributed by atoms with Gasteiger partial charge >= 0.3 is 0 Å². The van der Waals surface area contributed by atoms with E-state index in [1.54, 1.807) is 18.5 Å². The molecule has 2 N–H and O–H groups in total. The van der Waals surface area contributed by atoms with E-state index >= 15 is 0 Å². The number of nitro groups is 1. The van der Waals surface area contributed by atoms with Gasteiger partial charge in [0.15, 0.2) is 5.76 Å². The minimum atomic E-state index is -0.441. The second-order valence-corrected chi connectivity index (χ2v) is 7.90. The number of anilines is 1. The second kappa shape index (κ2) is 7.32. The van der Waals surface area contributed by atoms with E-state index in [4.69, 9.17) is 21.0 Å². The molecule has 0 aliphatic carbocycles. The number of aliphatic imine (C=N–C) groups is 1. The van der Waals surface area contributed by atoms with Gasteiger partial charge in [-0.2, -0.15) is 5.10 Å². The summed E-state index contributed by atoms with van der Waals surface area (Å²) in [5.74, 6) is 0.555. The zero-order valence-corrected chi connectivity index (χ0v) is 17.6. The van der Waals surface area contributed by atoms with Gasteiger partial charge in [-0.1, -0.05) is 48.0 Å². The van der Waals surface area contributed by atoms with Gasteiger partial charge in [-0.25, -0.2) is 4.99 Å². The summed E-state index contributed by atoms with van der Waals surface area (Å²) < 4.78 is 6.04. The molecule has 0 unspecified atom stereocenters. The first-order valence-electron chi connectivity index (χ1n) is 10.0. The molecule has 0 fully saturated rings. The van der Waals surface area contributed by atoms with E-state index in [0.717, 1.165) is 11.0 Å². The Morgan fingerprint density at radius 1 is 1.03 bits per heavy atom. The molecule has 8 nitrogen and oxygen atoms in total. The van der Waals surface area contributed by atoms with Crippen LogP contribution < -0.4 is 5.32 Å². The third-order valence-electron chi connectivity index (χ3n) is 5.56. The Labute approximate surface area is 191 Å². The molecule has 0 saturated heterocycles. The lowest BCUT2D eigenvalue weighted by atomic mass is 9.97. The number of H-pyrrole nitrogens is 1. The fourth-order valence-corrected chi connectivity index (χ4v) is 4.25. The Morgan fingerprint density at radius 3 is 2.67 bits per heavy atom. The molecule has 160 valence electrons. The van der Waals surface area contributed by atoms with Crippen molar-refractivity contribution < 1.29 is 9.34 Å². The first-order chi connectivity index (χ1) is 16.1. The van der Waals surface area contributed by atoms with Crippen LogP contribution in [0.1, 0.15) is 16.9 Å². The Morgan fingerprint density at radius 2 is 1.85 bits per heavy atom. The predicted octanol–water partition coefficient (Wildman–Crippen LogP) is 6.13. The topological polar surface area (TPSA) is 109 Å². The van der Waals surface area contributed by atoms with E-state index in [9.17, 15) is 10.1 Å². The highest BCUT2D eigenvalue weighted by Crippen LogP contribution is 2.39. The number of halogens is 1. The van der Waals surface area contributed by atoms with Crippen LogP contribution in [0.2, 0.25) is 5.02 Å². The first kappa shape index (κ1) is 19.3. The van der Waals surface area contributed by atoms with Crippen LogP contribution in [0.5, 0.6) is 0 Å². The van der Waals surface area contributed by atoms with Crippen LogP contribution >= 0.6 is 11.6 Å². The number of non-ortho nitro benzene ring substituents is 1. The maximum atomic E-state index is 11.8. The van der Waals surface area contributed by atoms with Crippen molar-refractivity contribution in [1.29, 1.82) is 0 Å². The van der Waals surface area contributed by atoms with E-state index in [-0.39, 0.29) is 5.69 Å². The van der Waals surface area contributed by atoms with Crippen molar-refractivity contribution in [3.8, 4) is 0 Å². The Balaban J connectivity index is 1.65. The highest BCUT2D eigenvalue weighted by atomic mass is 35.5. The lowest BCUT2D eigenvalue weighted by molar-refractivity contribution is -0.383. The molecule has 5 aromatic rings. The van der Waals surface area contributed by atoms with Crippen molar-refractivity contribution in [1.82, 2.24) is 10.2 Å². The van der Waals surface area contributed by atoms with Crippen molar-refractivity contribution >= 4 is 56.3 Å². The Kier molecular flexibility index (Phi) is 4.27. The average Bonchev–Trinajstić information content (AvgIpc) is 3.43. The number of hydrogen-bond donors (Lipinski definition) is 2. The minimum Gasteiger partial charge on any atom is -0.454 e. The fraction of sp³-hybridized carbons (Fsp3) is 0. The molecular weight excluding hydrogens is 442 g/mol. The monoisotopic (exact) mass is 455 g/mol. The third-order valence-corrected chi connectivity index (χ3v) is 5.89. The second-order valence-electron chi connectivity index (χ2n) is 7.50. The van der Waals surface area contributed by atoms with Crippen LogP contribution in [0.25, 0.3) is 27.6 Å². The van der Waals surface area contributed by atoms with E-state index in [1.165, 1.54) is 6.07 Å². The molecule has 0 bridgehead atoms. The van der Waals surface area contributed by atoms with Crippen LogP contribution in [0.3, 0.4) is 0 Å². The van der Waals surface area contributed by atoms with Crippen molar-refractivity contribution in [2.75, 3.05) is 5.32 Å². The number of nitrogens with zero attached hydrogens (tertiary/aromatic N) is 3. The lowest BCUT2D eigenvalue weighted by Gasteiger charge is -2.12. The molecule has 0 spiro atoms. The number of hydrogen-bond acceptors (Lipinski definition) is 6. The summed E-state index contributed by atoms with van der Waals surface area (Å²) in [6.07, 6.45) is 3.27. The molecule has 3 aromatic carbocycles. The first-order valence-corrected chi connectivity index (χ1v) is 10.4. The summed E-state index contributed by atoms with van der Waals surface area (Å²) in [5, 5.41) is 23.8. The number of rotatable bonds is 3. The van der Waals surface area contributed by atoms with Gasteiger partial charge in [-0.15, -0.1) is 0 Å². The molecule has 1 aliphatic heterocycles. The highest BCUT2D eigenvalue weighted by molar-refractivity contribution is 6.36. The number of nitrogens with one attached hydrogen (secondary N) is 2. The summed E-state index contributed by atoms with van der Waals surface area (Å²) in [5.41, 5.74) is 3.77. The van der Waals surface area contributed by atoms with E-state index in [2.05, 4.69) is 15.5 Å². The summed E-state index contributed by atoms with van der Waals surface area (Å²) in [6.45, 7) is 0. The number of furan rings is 1. The number of aromatic nitrogens is 2. The molecule has 0 atom stereocenters. The van der Waals surface area contributed by atoms with Crippen LogP contribution in [-0.4, -0.2) is 20.8 Å². The molecular formula is C24H14ClN5O3. The number of fused-ring (bicyclic) bond motifs is 4. The molecule has 0 radical (unpaired) electrons. The normalized spacial score (nSPS) is 13.2. The maximum absolute atomic E-state index is 11.8. The van der Waals surface area contributed by atoms with Crippen molar-refractivity contribution in [2.24, 2.45) is 4.99 Å².